The van der Waals surface area contributed by atoms with E-state index in [1.54, 1.807) is 6.92 Å². The van der Waals surface area contributed by atoms with E-state index in [9.17, 15) is 21.6 Å². The Morgan fingerprint density at radius 3 is 2.65 bits per heavy atom. The molecule has 0 amide bonds. The Morgan fingerprint density at radius 1 is 1.50 bits per heavy atom. The van der Waals surface area contributed by atoms with E-state index >= 15 is 0 Å². The third-order valence-corrected chi connectivity index (χ3v) is 7.88. The van der Waals surface area contributed by atoms with Crippen molar-refractivity contribution in [1.29, 1.82) is 0 Å². The van der Waals surface area contributed by atoms with Crippen molar-refractivity contribution >= 4 is 42.9 Å². The standard InChI is InChI=1S/C10H13NO6S3/c1-6-4-18-9(10(12)13)8(6)11-20(16,17)7-2-3-19(14,15)5-7/h4,7,11H,2-3,5H2,1H3,(H,12,13). The maximum absolute atomic E-state index is 12.2. The first-order valence-electron chi connectivity index (χ1n) is 5.66. The third kappa shape index (κ3) is 2.96. The van der Waals surface area contributed by atoms with E-state index in [1.165, 1.54) is 5.38 Å². The fourth-order valence-corrected chi connectivity index (χ4v) is 7.04. The number of rotatable bonds is 4. The molecule has 0 aliphatic carbocycles. The lowest BCUT2D eigenvalue weighted by Crippen LogP contribution is -2.29. The number of nitrogens with one attached hydrogen (secondary N) is 1. The Hall–Kier alpha value is -1.13. The maximum atomic E-state index is 12.2. The number of sulfonamides is 1. The van der Waals surface area contributed by atoms with Crippen molar-refractivity contribution in [2.75, 3.05) is 16.2 Å². The average Bonchev–Trinajstić information content (AvgIpc) is 2.83. The van der Waals surface area contributed by atoms with Gasteiger partial charge in [-0.25, -0.2) is 21.6 Å². The monoisotopic (exact) mass is 339 g/mol. The van der Waals surface area contributed by atoms with Crippen LogP contribution in [0.25, 0.3) is 0 Å². The zero-order valence-electron chi connectivity index (χ0n) is 10.5. The summed E-state index contributed by atoms with van der Waals surface area (Å²) < 4.78 is 49.2. The summed E-state index contributed by atoms with van der Waals surface area (Å²) in [6.07, 6.45) is 0.0310. The summed E-state index contributed by atoms with van der Waals surface area (Å²) in [6, 6.07) is 0. The predicted octanol–water partition coefficient (Wildman–Crippen LogP) is 0.684. The smallest absolute Gasteiger partial charge is 0.348 e. The van der Waals surface area contributed by atoms with Crippen LogP contribution in [0.15, 0.2) is 5.38 Å². The van der Waals surface area contributed by atoms with Crippen molar-refractivity contribution < 1.29 is 26.7 Å². The molecule has 1 aliphatic heterocycles. The summed E-state index contributed by atoms with van der Waals surface area (Å²) in [5, 5.41) is 9.50. The molecule has 1 atom stereocenters. The molecule has 0 bridgehead atoms. The summed E-state index contributed by atoms with van der Waals surface area (Å²) >= 11 is 0.923. The van der Waals surface area contributed by atoms with Crippen molar-refractivity contribution in [3.63, 3.8) is 0 Å². The van der Waals surface area contributed by atoms with Crippen LogP contribution in [-0.4, -0.2) is 44.7 Å². The first-order valence-corrected chi connectivity index (χ1v) is 9.90. The number of carbonyl (C=O) groups is 1. The molecule has 112 valence electrons. The van der Waals surface area contributed by atoms with Gasteiger partial charge in [-0.05, 0) is 24.3 Å². The zero-order valence-corrected chi connectivity index (χ0v) is 12.9. The molecule has 1 aliphatic rings. The lowest BCUT2D eigenvalue weighted by molar-refractivity contribution is 0.0703. The van der Waals surface area contributed by atoms with Crippen molar-refractivity contribution in [1.82, 2.24) is 0 Å². The first kappa shape index (κ1) is 15.3. The number of hydrogen-bond donors (Lipinski definition) is 2. The highest BCUT2D eigenvalue weighted by atomic mass is 32.2. The Balaban J connectivity index is 2.30. The average molecular weight is 339 g/mol. The molecule has 1 saturated heterocycles. The Bertz CT molecular complexity index is 746. The SMILES string of the molecule is Cc1csc(C(=O)O)c1NS(=O)(=O)C1CCS(=O)(=O)C1. The van der Waals surface area contributed by atoms with Crippen LogP contribution in [0.4, 0.5) is 5.69 Å². The van der Waals surface area contributed by atoms with E-state index in [4.69, 9.17) is 5.11 Å². The van der Waals surface area contributed by atoms with Crippen LogP contribution < -0.4 is 4.72 Å². The van der Waals surface area contributed by atoms with Gasteiger partial charge >= 0.3 is 5.97 Å². The minimum absolute atomic E-state index is 0.0202. The molecule has 10 heteroatoms. The highest BCUT2D eigenvalue weighted by Crippen LogP contribution is 2.30. The molecule has 0 spiro atoms. The van der Waals surface area contributed by atoms with Gasteiger partial charge in [-0.15, -0.1) is 11.3 Å². The minimum Gasteiger partial charge on any atom is -0.477 e. The highest BCUT2D eigenvalue weighted by Gasteiger charge is 2.38. The third-order valence-electron chi connectivity index (χ3n) is 3.04. The van der Waals surface area contributed by atoms with Gasteiger partial charge in [-0.1, -0.05) is 0 Å². The van der Waals surface area contributed by atoms with E-state index in [0.717, 1.165) is 11.3 Å². The fourth-order valence-electron chi connectivity index (χ4n) is 1.96. The molecule has 1 unspecified atom stereocenters. The maximum Gasteiger partial charge on any atom is 0.348 e. The molecule has 7 nitrogen and oxygen atoms in total. The van der Waals surface area contributed by atoms with Gasteiger partial charge in [0.2, 0.25) is 10.0 Å². The molecule has 1 aromatic rings. The summed E-state index contributed by atoms with van der Waals surface area (Å²) in [7, 11) is -7.25. The van der Waals surface area contributed by atoms with Crippen LogP contribution in [-0.2, 0) is 19.9 Å². The number of carboxylic acids is 1. The molecule has 2 heterocycles. The van der Waals surface area contributed by atoms with Crippen LogP contribution in [0.3, 0.4) is 0 Å². The first-order chi connectivity index (χ1) is 9.12. The number of anilines is 1. The normalized spacial score (nSPS) is 21.8. The van der Waals surface area contributed by atoms with Crippen molar-refractivity contribution in [2.24, 2.45) is 0 Å². The number of thiophene rings is 1. The van der Waals surface area contributed by atoms with Gasteiger partial charge in [0.1, 0.15) is 4.88 Å². The van der Waals surface area contributed by atoms with E-state index in [1.807, 2.05) is 0 Å². The Kier molecular flexibility index (Phi) is 3.82. The summed E-state index contributed by atoms with van der Waals surface area (Å²) in [5.74, 6) is -1.80. The molecular weight excluding hydrogens is 326 g/mol. The molecule has 0 aromatic carbocycles. The molecule has 1 aromatic heterocycles. The number of sulfone groups is 1. The number of aromatic carboxylic acids is 1. The Labute approximate surface area is 120 Å². The van der Waals surface area contributed by atoms with Crippen LogP contribution >= 0.6 is 11.3 Å². The van der Waals surface area contributed by atoms with Crippen LogP contribution in [0.5, 0.6) is 0 Å². The molecule has 0 saturated carbocycles. The lowest BCUT2D eigenvalue weighted by atomic mass is 10.3. The lowest BCUT2D eigenvalue weighted by Gasteiger charge is -2.13. The van der Waals surface area contributed by atoms with E-state index in [-0.39, 0.29) is 22.7 Å². The molecule has 0 radical (unpaired) electrons. The Morgan fingerprint density at radius 2 is 2.15 bits per heavy atom. The number of hydrogen-bond acceptors (Lipinski definition) is 6. The van der Waals surface area contributed by atoms with E-state index in [2.05, 4.69) is 4.72 Å². The molecule has 20 heavy (non-hydrogen) atoms. The topological polar surface area (TPSA) is 118 Å². The quantitative estimate of drug-likeness (QED) is 0.833. The second kappa shape index (κ2) is 5.01. The van der Waals surface area contributed by atoms with Gasteiger partial charge in [-0.2, -0.15) is 0 Å². The molecule has 2 rings (SSSR count). The van der Waals surface area contributed by atoms with Gasteiger partial charge in [0.05, 0.1) is 22.4 Å². The van der Waals surface area contributed by atoms with E-state index in [0.29, 0.717) is 5.56 Å². The summed E-state index contributed by atoms with van der Waals surface area (Å²) in [6.45, 7) is 1.59. The van der Waals surface area contributed by atoms with Gasteiger partial charge in [0, 0.05) is 0 Å². The predicted molar refractivity (Wildman–Crippen MR) is 75.6 cm³/mol. The number of aryl methyl sites for hydroxylation is 1. The van der Waals surface area contributed by atoms with Crippen molar-refractivity contribution in [3.05, 3.63) is 15.8 Å². The molecular formula is C10H13NO6S3. The second-order valence-electron chi connectivity index (χ2n) is 4.60. The van der Waals surface area contributed by atoms with Gasteiger partial charge in [-0.3, -0.25) is 4.72 Å². The van der Waals surface area contributed by atoms with E-state index < -0.39 is 36.8 Å². The number of carboxylic acid groups (broad SMARTS) is 1. The highest BCUT2D eigenvalue weighted by molar-refractivity contribution is 7.97. The van der Waals surface area contributed by atoms with Crippen molar-refractivity contribution in [3.8, 4) is 0 Å². The van der Waals surface area contributed by atoms with Crippen LogP contribution in [0.1, 0.15) is 21.7 Å². The van der Waals surface area contributed by atoms with Gasteiger partial charge < -0.3 is 5.11 Å². The van der Waals surface area contributed by atoms with Gasteiger partial charge in [0.25, 0.3) is 0 Å². The van der Waals surface area contributed by atoms with Crippen LogP contribution in [0, 0.1) is 6.92 Å². The summed E-state index contributed by atoms with van der Waals surface area (Å²) in [5.41, 5.74) is 0.517. The summed E-state index contributed by atoms with van der Waals surface area (Å²) in [4.78, 5) is 10.9. The second-order valence-corrected chi connectivity index (χ2v) is 9.67. The minimum atomic E-state index is -3.92. The van der Waals surface area contributed by atoms with Gasteiger partial charge in [0.15, 0.2) is 9.84 Å². The molecule has 2 N–H and O–H groups in total. The van der Waals surface area contributed by atoms with Crippen LogP contribution in [0.2, 0.25) is 0 Å². The largest absolute Gasteiger partial charge is 0.477 e. The van der Waals surface area contributed by atoms with Crippen molar-refractivity contribution in [2.45, 2.75) is 18.6 Å². The zero-order chi connectivity index (χ0) is 15.1. The molecule has 1 fully saturated rings. The fraction of sp³-hybridized carbons (Fsp3) is 0.500.